The first-order valence-electron chi connectivity index (χ1n) is 12.0. The van der Waals surface area contributed by atoms with Gasteiger partial charge in [-0.2, -0.15) is 10.1 Å². The van der Waals surface area contributed by atoms with Crippen molar-refractivity contribution in [3.63, 3.8) is 0 Å². The summed E-state index contributed by atoms with van der Waals surface area (Å²) < 4.78 is 5.76. The lowest BCUT2D eigenvalue weighted by Gasteiger charge is -2.22. The molecule has 39 heavy (non-hydrogen) atoms. The number of benzene rings is 3. The van der Waals surface area contributed by atoms with E-state index in [4.69, 9.17) is 39.5 Å². The molecule has 0 aromatic heterocycles. The predicted molar refractivity (Wildman–Crippen MR) is 154 cm³/mol. The van der Waals surface area contributed by atoms with E-state index in [0.717, 1.165) is 16.1 Å². The molecular weight excluding hydrogens is 563 g/mol. The average Bonchev–Trinajstić information content (AvgIpc) is 3.22. The number of amidine groups is 1. The molecule has 3 aromatic rings. The number of carbonyl (C=O) groups is 3. The monoisotopic (exact) mass is 586 g/mol. The lowest BCUT2D eigenvalue weighted by Crippen LogP contribution is -2.35. The van der Waals surface area contributed by atoms with Gasteiger partial charge >= 0.3 is 0 Å². The van der Waals surface area contributed by atoms with Crippen LogP contribution in [0.5, 0.6) is 5.75 Å². The SMILES string of the molecule is CCN(C(=O)COc1ccc(C)cc1C)c1cccc(C(=O)NC2=NN(c3c(Cl)cc(Cl)cc3Cl)C(=O)C2)c1. The zero-order valence-corrected chi connectivity index (χ0v) is 23.7. The maximum absolute atomic E-state index is 13.0. The van der Waals surface area contributed by atoms with Crippen LogP contribution in [-0.4, -0.2) is 36.7 Å². The van der Waals surface area contributed by atoms with Crippen LogP contribution in [0.15, 0.2) is 59.7 Å². The molecular formula is C28H25Cl3N4O4. The lowest BCUT2D eigenvalue weighted by molar-refractivity contribution is -0.120. The highest BCUT2D eigenvalue weighted by molar-refractivity contribution is 6.42. The molecule has 1 aliphatic rings. The van der Waals surface area contributed by atoms with Crippen molar-refractivity contribution in [1.82, 2.24) is 5.32 Å². The van der Waals surface area contributed by atoms with E-state index in [-0.39, 0.29) is 46.1 Å². The zero-order valence-electron chi connectivity index (χ0n) is 21.4. The number of aryl methyl sites for hydroxylation is 2. The van der Waals surface area contributed by atoms with E-state index in [1.54, 1.807) is 24.3 Å². The minimum Gasteiger partial charge on any atom is -0.483 e. The topological polar surface area (TPSA) is 91.3 Å². The van der Waals surface area contributed by atoms with Crippen molar-refractivity contribution < 1.29 is 19.1 Å². The van der Waals surface area contributed by atoms with Gasteiger partial charge < -0.3 is 15.0 Å². The van der Waals surface area contributed by atoms with Crippen LogP contribution in [0.1, 0.15) is 34.8 Å². The van der Waals surface area contributed by atoms with E-state index < -0.39 is 11.8 Å². The van der Waals surface area contributed by atoms with Crippen LogP contribution in [-0.2, 0) is 9.59 Å². The third-order valence-electron chi connectivity index (χ3n) is 5.95. The Morgan fingerprint density at radius 2 is 1.77 bits per heavy atom. The number of amides is 3. The third kappa shape index (κ3) is 6.53. The Kier molecular flexibility index (Phi) is 8.80. The van der Waals surface area contributed by atoms with Crippen LogP contribution in [0, 0.1) is 13.8 Å². The number of hydrazone groups is 1. The molecule has 0 bridgehead atoms. The Morgan fingerprint density at radius 3 is 2.44 bits per heavy atom. The first-order chi connectivity index (χ1) is 18.6. The smallest absolute Gasteiger partial charge is 0.264 e. The van der Waals surface area contributed by atoms with Crippen molar-refractivity contribution in [2.75, 3.05) is 23.1 Å². The number of nitrogens with zero attached hydrogens (tertiary/aromatic N) is 3. The molecule has 0 aliphatic carbocycles. The summed E-state index contributed by atoms with van der Waals surface area (Å²) in [5, 5.41) is 8.51. The second-order valence-corrected chi connectivity index (χ2v) is 10.1. The van der Waals surface area contributed by atoms with Crippen molar-refractivity contribution in [1.29, 1.82) is 0 Å². The number of rotatable bonds is 7. The Labute approximate surface area is 241 Å². The van der Waals surface area contributed by atoms with Gasteiger partial charge in [0.05, 0.1) is 16.5 Å². The van der Waals surface area contributed by atoms with Crippen LogP contribution in [0.3, 0.4) is 0 Å². The van der Waals surface area contributed by atoms with E-state index in [0.29, 0.717) is 23.0 Å². The summed E-state index contributed by atoms with van der Waals surface area (Å²) in [6, 6.07) is 15.2. The van der Waals surface area contributed by atoms with Crippen molar-refractivity contribution in [2.45, 2.75) is 27.2 Å². The van der Waals surface area contributed by atoms with E-state index >= 15 is 0 Å². The first-order valence-corrected chi connectivity index (χ1v) is 13.2. The normalized spacial score (nSPS) is 12.8. The van der Waals surface area contributed by atoms with Crippen molar-refractivity contribution >= 4 is 69.7 Å². The van der Waals surface area contributed by atoms with Crippen molar-refractivity contribution in [3.8, 4) is 5.75 Å². The number of nitrogens with one attached hydrogen (secondary N) is 1. The van der Waals surface area contributed by atoms with E-state index in [9.17, 15) is 14.4 Å². The van der Waals surface area contributed by atoms with Crippen LogP contribution in [0.4, 0.5) is 11.4 Å². The average molecular weight is 588 g/mol. The standard InChI is InChI=1S/C28H25Cl3N4O4/c1-4-34(26(37)15-39-23-9-8-16(2)10-17(23)3)20-7-5-6-18(11-20)28(38)32-24-14-25(36)35(33-24)27-21(30)12-19(29)13-22(27)31/h5-13H,4,14-15H2,1-3H3,(H,32,33,38). The molecule has 8 nitrogen and oxygen atoms in total. The highest BCUT2D eigenvalue weighted by Crippen LogP contribution is 2.38. The Balaban J connectivity index is 1.46. The van der Waals surface area contributed by atoms with Gasteiger partial charge in [-0.1, -0.05) is 58.6 Å². The quantitative estimate of drug-likeness (QED) is 0.358. The third-order valence-corrected chi connectivity index (χ3v) is 6.74. The number of likely N-dealkylation sites (N-methyl/N-ethyl adjacent to an activating group) is 1. The lowest BCUT2D eigenvalue weighted by atomic mass is 10.1. The molecule has 1 N–H and O–H groups in total. The highest BCUT2D eigenvalue weighted by atomic mass is 35.5. The summed E-state index contributed by atoms with van der Waals surface area (Å²) in [4.78, 5) is 40.1. The summed E-state index contributed by atoms with van der Waals surface area (Å²) >= 11 is 18.4. The number of carbonyl (C=O) groups excluding carboxylic acids is 3. The second kappa shape index (κ2) is 12.1. The maximum Gasteiger partial charge on any atom is 0.264 e. The largest absolute Gasteiger partial charge is 0.483 e. The molecule has 0 saturated carbocycles. The summed E-state index contributed by atoms with van der Waals surface area (Å²) in [6.45, 7) is 5.97. The van der Waals surface area contributed by atoms with E-state index in [2.05, 4.69) is 10.4 Å². The van der Waals surface area contributed by atoms with Crippen molar-refractivity contribution in [3.05, 3.63) is 86.4 Å². The summed E-state index contributed by atoms with van der Waals surface area (Å²) in [6.07, 6.45) is -0.157. The van der Waals surface area contributed by atoms with Gasteiger partial charge in [-0.3, -0.25) is 14.4 Å². The van der Waals surface area contributed by atoms with Crippen molar-refractivity contribution in [2.24, 2.45) is 5.10 Å². The minimum absolute atomic E-state index is 0.128. The minimum atomic E-state index is -0.492. The second-order valence-electron chi connectivity index (χ2n) is 8.85. The summed E-state index contributed by atoms with van der Waals surface area (Å²) in [5.74, 6) is -0.401. The molecule has 3 amide bonds. The first kappa shape index (κ1) is 28.4. The molecule has 0 saturated heterocycles. The maximum atomic E-state index is 13.0. The van der Waals surface area contributed by atoms with Gasteiger partial charge in [-0.15, -0.1) is 0 Å². The Bertz CT molecular complexity index is 1470. The Hall–Kier alpha value is -3.59. The molecule has 0 unspecified atom stereocenters. The van der Waals surface area contributed by atoms with Crippen LogP contribution in [0.2, 0.25) is 15.1 Å². The molecule has 202 valence electrons. The molecule has 1 aliphatic heterocycles. The fourth-order valence-electron chi connectivity index (χ4n) is 4.11. The zero-order chi connectivity index (χ0) is 28.3. The van der Waals surface area contributed by atoms with Gasteiger partial charge in [0.25, 0.3) is 17.7 Å². The van der Waals surface area contributed by atoms with Gasteiger partial charge in [0, 0.05) is 22.8 Å². The molecule has 11 heteroatoms. The number of anilines is 2. The van der Waals surface area contributed by atoms with Gasteiger partial charge in [0.15, 0.2) is 6.61 Å². The van der Waals surface area contributed by atoms with E-state index in [1.807, 2.05) is 39.0 Å². The number of ether oxygens (including phenoxy) is 1. The summed E-state index contributed by atoms with van der Waals surface area (Å²) in [5.41, 5.74) is 3.04. The number of hydrogen-bond acceptors (Lipinski definition) is 5. The van der Waals surface area contributed by atoms with Gasteiger partial charge in [-0.05, 0) is 62.7 Å². The van der Waals surface area contributed by atoms with Gasteiger partial charge in [0.2, 0.25) is 0 Å². The molecule has 0 atom stereocenters. The van der Waals surface area contributed by atoms with Crippen LogP contribution < -0.4 is 20.0 Å². The number of halogens is 3. The summed E-state index contributed by atoms with van der Waals surface area (Å²) in [7, 11) is 0. The van der Waals surface area contributed by atoms with Crippen LogP contribution in [0.25, 0.3) is 0 Å². The molecule has 0 fully saturated rings. The number of hydrogen-bond donors (Lipinski definition) is 1. The van der Waals surface area contributed by atoms with Gasteiger partial charge in [0.1, 0.15) is 17.3 Å². The van der Waals surface area contributed by atoms with E-state index in [1.165, 1.54) is 17.0 Å². The Morgan fingerprint density at radius 1 is 1.05 bits per heavy atom. The molecule has 3 aromatic carbocycles. The fraction of sp³-hybridized carbons (Fsp3) is 0.214. The molecule has 0 spiro atoms. The van der Waals surface area contributed by atoms with Crippen LogP contribution >= 0.6 is 34.8 Å². The highest BCUT2D eigenvalue weighted by Gasteiger charge is 2.30. The molecule has 0 radical (unpaired) electrons. The fourth-order valence-corrected chi connectivity index (χ4v) is 5.09. The predicted octanol–water partition coefficient (Wildman–Crippen LogP) is 6.18. The molecule has 1 heterocycles. The van der Waals surface area contributed by atoms with Gasteiger partial charge in [-0.25, -0.2) is 0 Å². The molecule has 4 rings (SSSR count).